The number of rotatable bonds is 5. The van der Waals surface area contributed by atoms with E-state index in [4.69, 9.17) is 9.47 Å². The normalized spacial score (nSPS) is 24.0. The standard InChI is InChI=1S/C18H27N3O3/c1-20(2)18-16(7-5-9-19-18)24-15-8-10-21(13-15)17(22)12-14-6-3-4-11-23-14/h5,7,9,14-15H,3-4,6,8,10-13H2,1-2H3/t14-,15+/m1/s1. The minimum absolute atomic E-state index is 0.0316. The van der Waals surface area contributed by atoms with E-state index < -0.39 is 0 Å². The molecule has 3 heterocycles. The van der Waals surface area contributed by atoms with Crippen LogP contribution < -0.4 is 9.64 Å². The van der Waals surface area contributed by atoms with Gasteiger partial charge in [0, 0.05) is 39.9 Å². The highest BCUT2D eigenvalue weighted by atomic mass is 16.5. The molecule has 0 saturated carbocycles. The van der Waals surface area contributed by atoms with Gasteiger partial charge in [0.25, 0.3) is 0 Å². The number of carbonyl (C=O) groups is 1. The molecule has 0 unspecified atom stereocenters. The fourth-order valence-electron chi connectivity index (χ4n) is 3.33. The molecule has 0 N–H and O–H groups in total. The van der Waals surface area contributed by atoms with Gasteiger partial charge in [0.1, 0.15) is 6.10 Å². The number of anilines is 1. The Hall–Kier alpha value is -1.82. The van der Waals surface area contributed by atoms with E-state index in [1.807, 2.05) is 36.0 Å². The molecule has 0 aromatic carbocycles. The van der Waals surface area contributed by atoms with Crippen LogP contribution in [0.4, 0.5) is 5.82 Å². The van der Waals surface area contributed by atoms with E-state index in [0.717, 1.165) is 50.4 Å². The molecule has 6 nitrogen and oxygen atoms in total. The maximum Gasteiger partial charge on any atom is 0.225 e. The summed E-state index contributed by atoms with van der Waals surface area (Å²) in [5, 5.41) is 0. The monoisotopic (exact) mass is 333 g/mol. The van der Waals surface area contributed by atoms with Crippen LogP contribution in [0.2, 0.25) is 0 Å². The number of amides is 1. The second-order valence-corrected chi connectivity index (χ2v) is 6.78. The van der Waals surface area contributed by atoms with Crippen LogP contribution in [0.15, 0.2) is 18.3 Å². The molecule has 2 saturated heterocycles. The van der Waals surface area contributed by atoms with Crippen LogP contribution in [-0.2, 0) is 9.53 Å². The van der Waals surface area contributed by atoms with Gasteiger partial charge in [-0.2, -0.15) is 0 Å². The molecule has 2 aliphatic heterocycles. The topological polar surface area (TPSA) is 54.9 Å². The van der Waals surface area contributed by atoms with Gasteiger partial charge >= 0.3 is 0 Å². The Bertz CT molecular complexity index is 558. The van der Waals surface area contributed by atoms with Crippen LogP contribution in [0.1, 0.15) is 32.1 Å². The fourth-order valence-corrected chi connectivity index (χ4v) is 3.33. The summed E-state index contributed by atoms with van der Waals surface area (Å²) in [5.74, 6) is 1.78. The van der Waals surface area contributed by atoms with Crippen molar-refractivity contribution in [2.75, 3.05) is 38.7 Å². The minimum atomic E-state index is 0.0316. The molecule has 0 radical (unpaired) electrons. The molecule has 0 spiro atoms. The predicted molar refractivity (Wildman–Crippen MR) is 92.4 cm³/mol. The van der Waals surface area contributed by atoms with Crippen molar-refractivity contribution in [2.24, 2.45) is 0 Å². The van der Waals surface area contributed by atoms with Crippen molar-refractivity contribution in [3.63, 3.8) is 0 Å². The maximum absolute atomic E-state index is 12.5. The molecule has 3 rings (SSSR count). The molecule has 2 atom stereocenters. The first kappa shape index (κ1) is 17.0. The summed E-state index contributed by atoms with van der Waals surface area (Å²) < 4.78 is 11.8. The zero-order valence-electron chi connectivity index (χ0n) is 14.6. The fraction of sp³-hybridized carbons (Fsp3) is 0.667. The summed E-state index contributed by atoms with van der Waals surface area (Å²) in [6.45, 7) is 2.19. The van der Waals surface area contributed by atoms with E-state index in [0.29, 0.717) is 13.0 Å². The van der Waals surface area contributed by atoms with E-state index in [9.17, 15) is 4.79 Å². The Morgan fingerprint density at radius 1 is 1.42 bits per heavy atom. The van der Waals surface area contributed by atoms with Crippen LogP contribution in [0, 0.1) is 0 Å². The summed E-state index contributed by atoms with van der Waals surface area (Å²) in [6.07, 6.45) is 6.54. The summed E-state index contributed by atoms with van der Waals surface area (Å²) in [6, 6.07) is 3.81. The van der Waals surface area contributed by atoms with E-state index in [2.05, 4.69) is 4.98 Å². The van der Waals surface area contributed by atoms with Crippen molar-refractivity contribution >= 4 is 11.7 Å². The molecule has 2 aliphatic rings. The number of nitrogens with zero attached hydrogens (tertiary/aromatic N) is 3. The lowest BCUT2D eigenvalue weighted by molar-refractivity contribution is -0.134. The highest BCUT2D eigenvalue weighted by Crippen LogP contribution is 2.27. The van der Waals surface area contributed by atoms with Crippen LogP contribution in [0.25, 0.3) is 0 Å². The Morgan fingerprint density at radius 2 is 2.29 bits per heavy atom. The van der Waals surface area contributed by atoms with Gasteiger partial charge in [-0.3, -0.25) is 4.79 Å². The van der Waals surface area contributed by atoms with E-state index in [-0.39, 0.29) is 18.1 Å². The highest BCUT2D eigenvalue weighted by molar-refractivity contribution is 5.77. The number of ether oxygens (including phenoxy) is 2. The molecular weight excluding hydrogens is 306 g/mol. The van der Waals surface area contributed by atoms with Crippen molar-refractivity contribution in [2.45, 2.75) is 44.3 Å². The molecule has 0 bridgehead atoms. The first-order valence-electron chi connectivity index (χ1n) is 8.82. The van der Waals surface area contributed by atoms with Crippen molar-refractivity contribution in [3.05, 3.63) is 18.3 Å². The van der Waals surface area contributed by atoms with E-state index in [1.165, 1.54) is 0 Å². The highest BCUT2D eigenvalue weighted by Gasteiger charge is 2.30. The van der Waals surface area contributed by atoms with Crippen molar-refractivity contribution in [1.29, 1.82) is 0 Å². The van der Waals surface area contributed by atoms with Crippen molar-refractivity contribution in [1.82, 2.24) is 9.88 Å². The first-order chi connectivity index (χ1) is 11.6. The maximum atomic E-state index is 12.5. The van der Waals surface area contributed by atoms with Gasteiger partial charge in [0.15, 0.2) is 11.6 Å². The summed E-state index contributed by atoms with van der Waals surface area (Å²) >= 11 is 0. The molecule has 24 heavy (non-hydrogen) atoms. The van der Waals surface area contributed by atoms with Gasteiger partial charge in [-0.25, -0.2) is 4.98 Å². The third kappa shape index (κ3) is 4.17. The number of aromatic nitrogens is 1. The molecule has 1 amide bonds. The average Bonchev–Trinajstić information content (AvgIpc) is 3.05. The quantitative estimate of drug-likeness (QED) is 0.826. The molecule has 1 aromatic heterocycles. The third-order valence-electron chi connectivity index (χ3n) is 4.64. The average molecular weight is 333 g/mol. The Kier molecular flexibility index (Phi) is 5.56. The first-order valence-corrected chi connectivity index (χ1v) is 8.82. The van der Waals surface area contributed by atoms with Crippen molar-refractivity contribution in [3.8, 4) is 5.75 Å². The lowest BCUT2D eigenvalue weighted by atomic mass is 10.1. The molecule has 1 aromatic rings. The largest absolute Gasteiger partial charge is 0.485 e. The van der Waals surface area contributed by atoms with Crippen LogP contribution in [0.5, 0.6) is 5.75 Å². The Labute approximate surface area is 143 Å². The molecule has 2 fully saturated rings. The van der Waals surface area contributed by atoms with Gasteiger partial charge in [-0.05, 0) is 31.4 Å². The van der Waals surface area contributed by atoms with Gasteiger partial charge in [-0.1, -0.05) is 0 Å². The molecule has 6 heteroatoms. The lowest BCUT2D eigenvalue weighted by Gasteiger charge is -2.25. The van der Waals surface area contributed by atoms with Gasteiger partial charge in [-0.15, -0.1) is 0 Å². The van der Waals surface area contributed by atoms with Gasteiger partial charge < -0.3 is 19.3 Å². The van der Waals surface area contributed by atoms with E-state index >= 15 is 0 Å². The third-order valence-corrected chi connectivity index (χ3v) is 4.64. The van der Waals surface area contributed by atoms with Crippen molar-refractivity contribution < 1.29 is 14.3 Å². The Balaban J connectivity index is 1.53. The summed E-state index contributed by atoms with van der Waals surface area (Å²) in [4.78, 5) is 20.7. The Morgan fingerprint density at radius 3 is 3.04 bits per heavy atom. The SMILES string of the molecule is CN(C)c1ncccc1O[C@H]1CCN(C(=O)C[C@H]2CCCCO2)C1. The number of carbonyl (C=O) groups excluding carboxylic acids is 1. The van der Waals surface area contributed by atoms with Crippen LogP contribution in [0.3, 0.4) is 0 Å². The summed E-state index contributed by atoms with van der Waals surface area (Å²) in [7, 11) is 3.90. The van der Waals surface area contributed by atoms with Gasteiger partial charge in [0.2, 0.25) is 5.91 Å². The number of hydrogen-bond acceptors (Lipinski definition) is 5. The zero-order valence-corrected chi connectivity index (χ0v) is 14.6. The predicted octanol–water partition coefficient (Wildman–Crippen LogP) is 2.09. The van der Waals surface area contributed by atoms with E-state index in [1.54, 1.807) is 6.20 Å². The van der Waals surface area contributed by atoms with Gasteiger partial charge in [0.05, 0.1) is 19.1 Å². The molecule has 132 valence electrons. The lowest BCUT2D eigenvalue weighted by Crippen LogP contribution is -2.34. The number of pyridine rings is 1. The van der Waals surface area contributed by atoms with Crippen LogP contribution in [-0.4, -0.2) is 61.8 Å². The number of likely N-dealkylation sites (tertiary alicyclic amines) is 1. The second-order valence-electron chi connectivity index (χ2n) is 6.78. The molecular formula is C18H27N3O3. The minimum Gasteiger partial charge on any atom is -0.485 e. The zero-order chi connectivity index (χ0) is 16.9. The smallest absolute Gasteiger partial charge is 0.225 e. The molecule has 0 aliphatic carbocycles. The number of hydrogen-bond donors (Lipinski definition) is 0. The van der Waals surface area contributed by atoms with Crippen LogP contribution >= 0.6 is 0 Å². The summed E-state index contributed by atoms with van der Waals surface area (Å²) in [5.41, 5.74) is 0. The second kappa shape index (κ2) is 7.83.